The molecule has 1 N–H and O–H groups in total. The molecule has 184 valence electrons. The Morgan fingerprint density at radius 3 is 2.69 bits per heavy atom. The topological polar surface area (TPSA) is 92.8 Å². The number of nitrogens with zero attached hydrogens (tertiary/aromatic N) is 5. The largest absolute Gasteiger partial charge is 0.468 e. The van der Waals surface area contributed by atoms with Gasteiger partial charge in [0.05, 0.1) is 18.8 Å². The van der Waals surface area contributed by atoms with Crippen molar-refractivity contribution in [3.05, 3.63) is 112 Å². The van der Waals surface area contributed by atoms with Gasteiger partial charge >= 0.3 is 0 Å². The van der Waals surface area contributed by atoms with Gasteiger partial charge in [-0.05, 0) is 71.5 Å². The number of hydrogen-bond acceptors (Lipinski definition) is 6. The van der Waals surface area contributed by atoms with Gasteiger partial charge in [0.15, 0.2) is 5.82 Å². The number of aromatic nitrogens is 5. The number of fused-ring (bicyclic) bond motifs is 1. The van der Waals surface area contributed by atoms with Crippen molar-refractivity contribution >= 4 is 10.9 Å². The molecule has 5 rings (SSSR count). The van der Waals surface area contributed by atoms with Gasteiger partial charge in [-0.2, -0.15) is 0 Å². The molecule has 0 fully saturated rings. The predicted octanol–water partition coefficient (Wildman–Crippen LogP) is 4.81. The normalized spacial score (nSPS) is 12.4. The van der Waals surface area contributed by atoms with Crippen LogP contribution in [0.2, 0.25) is 0 Å². The van der Waals surface area contributed by atoms with Crippen molar-refractivity contribution in [2.24, 2.45) is 0 Å². The third kappa shape index (κ3) is 5.28. The van der Waals surface area contributed by atoms with Crippen LogP contribution in [0, 0.1) is 6.92 Å². The number of aryl methyl sites for hydroxylation is 3. The number of hydrogen-bond donors (Lipinski definition) is 1. The molecule has 0 radical (unpaired) electrons. The Balaban J connectivity index is 1.46. The molecule has 0 spiro atoms. The summed E-state index contributed by atoms with van der Waals surface area (Å²) in [6, 6.07) is 22.1. The fourth-order valence-corrected chi connectivity index (χ4v) is 4.68. The van der Waals surface area contributed by atoms with E-state index in [9.17, 15) is 4.79 Å². The lowest BCUT2D eigenvalue weighted by atomic mass is 10.1. The van der Waals surface area contributed by atoms with Crippen LogP contribution in [0.5, 0.6) is 0 Å². The van der Waals surface area contributed by atoms with Gasteiger partial charge < -0.3 is 9.40 Å². The molecule has 0 aliphatic carbocycles. The van der Waals surface area contributed by atoms with Crippen LogP contribution in [0.4, 0.5) is 0 Å². The number of pyridine rings is 1. The second-order valence-electron chi connectivity index (χ2n) is 9.12. The monoisotopic (exact) mass is 482 g/mol. The minimum atomic E-state index is -0.103. The van der Waals surface area contributed by atoms with Gasteiger partial charge in [0.1, 0.15) is 5.76 Å². The standard InChI is InChI=1S/C28H30N6O2/c1-3-26(27-30-31-32-34(27)14-13-21-8-5-4-6-9-21)33(19-24-10-7-15-36-24)18-23-17-22-16-20(2)11-12-25(22)29-28(23)35/h4-12,15-17,26H,3,13-14,18-19H2,1-2H3,(H,29,35)/t26-/m0/s1. The molecule has 8 heteroatoms. The Labute approximate surface area is 209 Å². The van der Waals surface area contributed by atoms with Gasteiger partial charge in [0.2, 0.25) is 0 Å². The number of nitrogens with one attached hydrogen (secondary N) is 1. The summed E-state index contributed by atoms with van der Waals surface area (Å²) in [7, 11) is 0. The van der Waals surface area contributed by atoms with Crippen LogP contribution >= 0.6 is 0 Å². The number of benzene rings is 2. The van der Waals surface area contributed by atoms with E-state index in [0.29, 0.717) is 25.2 Å². The second-order valence-corrected chi connectivity index (χ2v) is 9.12. The minimum Gasteiger partial charge on any atom is -0.468 e. The van der Waals surface area contributed by atoms with Gasteiger partial charge in [-0.1, -0.05) is 48.9 Å². The van der Waals surface area contributed by atoms with E-state index >= 15 is 0 Å². The maximum absolute atomic E-state index is 13.0. The number of H-pyrrole nitrogens is 1. The van der Waals surface area contributed by atoms with Crippen molar-refractivity contribution in [2.45, 2.75) is 52.4 Å². The summed E-state index contributed by atoms with van der Waals surface area (Å²) >= 11 is 0. The van der Waals surface area contributed by atoms with Crippen LogP contribution < -0.4 is 5.56 Å². The van der Waals surface area contributed by atoms with E-state index in [1.165, 1.54) is 5.56 Å². The van der Waals surface area contributed by atoms with Crippen LogP contribution in [0.3, 0.4) is 0 Å². The number of furan rings is 1. The molecular weight excluding hydrogens is 452 g/mol. The van der Waals surface area contributed by atoms with Crippen molar-refractivity contribution in [1.29, 1.82) is 0 Å². The highest BCUT2D eigenvalue weighted by Gasteiger charge is 2.26. The zero-order chi connectivity index (χ0) is 24.9. The minimum absolute atomic E-state index is 0.0886. The summed E-state index contributed by atoms with van der Waals surface area (Å²) in [4.78, 5) is 18.3. The molecule has 0 bridgehead atoms. The van der Waals surface area contributed by atoms with Crippen molar-refractivity contribution in [3.8, 4) is 0 Å². The zero-order valence-corrected chi connectivity index (χ0v) is 20.6. The Hall–Kier alpha value is -4.04. The summed E-state index contributed by atoms with van der Waals surface area (Å²) in [5.41, 5.74) is 3.83. The SMILES string of the molecule is CC[C@@H](c1nnnn1CCc1ccccc1)N(Cc1ccco1)Cc1cc2cc(C)ccc2[nH]c1=O. The molecule has 3 aromatic heterocycles. The average molecular weight is 483 g/mol. The van der Waals surface area contributed by atoms with E-state index in [0.717, 1.165) is 40.9 Å². The lowest BCUT2D eigenvalue weighted by Gasteiger charge is -2.29. The molecule has 0 aliphatic heterocycles. The Morgan fingerprint density at radius 1 is 1.06 bits per heavy atom. The van der Waals surface area contributed by atoms with Gasteiger partial charge in [-0.15, -0.1) is 5.10 Å². The van der Waals surface area contributed by atoms with Crippen LogP contribution in [0.15, 0.2) is 82.2 Å². The first-order valence-electron chi connectivity index (χ1n) is 12.3. The average Bonchev–Trinajstić information content (AvgIpc) is 3.57. The summed E-state index contributed by atoms with van der Waals surface area (Å²) < 4.78 is 7.56. The molecule has 0 saturated carbocycles. The van der Waals surface area contributed by atoms with Crippen molar-refractivity contribution in [2.75, 3.05) is 0 Å². The van der Waals surface area contributed by atoms with Crippen molar-refractivity contribution < 1.29 is 4.42 Å². The van der Waals surface area contributed by atoms with Gasteiger partial charge in [0, 0.05) is 24.2 Å². The third-order valence-electron chi connectivity index (χ3n) is 6.53. The van der Waals surface area contributed by atoms with E-state index in [1.807, 2.05) is 53.2 Å². The third-order valence-corrected chi connectivity index (χ3v) is 6.53. The Kier molecular flexibility index (Phi) is 7.04. The number of rotatable bonds is 10. The van der Waals surface area contributed by atoms with Crippen LogP contribution in [-0.4, -0.2) is 30.1 Å². The molecule has 0 aliphatic rings. The quantitative estimate of drug-likeness (QED) is 0.307. The van der Waals surface area contributed by atoms with E-state index in [4.69, 9.17) is 4.42 Å². The fourth-order valence-electron chi connectivity index (χ4n) is 4.68. The maximum atomic E-state index is 13.0. The highest BCUT2D eigenvalue weighted by Crippen LogP contribution is 2.27. The first-order chi connectivity index (χ1) is 17.6. The summed E-state index contributed by atoms with van der Waals surface area (Å²) in [6.07, 6.45) is 3.28. The van der Waals surface area contributed by atoms with Gasteiger partial charge in [-0.3, -0.25) is 9.69 Å². The first kappa shape index (κ1) is 23.7. The first-order valence-corrected chi connectivity index (χ1v) is 12.3. The van der Waals surface area contributed by atoms with E-state index in [1.54, 1.807) is 6.26 Å². The lowest BCUT2D eigenvalue weighted by Crippen LogP contribution is -2.32. The maximum Gasteiger partial charge on any atom is 0.252 e. The molecule has 2 aromatic carbocycles. The van der Waals surface area contributed by atoms with Gasteiger partial charge in [-0.25, -0.2) is 4.68 Å². The molecule has 36 heavy (non-hydrogen) atoms. The predicted molar refractivity (Wildman–Crippen MR) is 138 cm³/mol. The Bertz CT molecular complexity index is 1470. The molecule has 0 saturated heterocycles. The van der Waals surface area contributed by atoms with Crippen molar-refractivity contribution in [3.63, 3.8) is 0 Å². The molecule has 1 atom stereocenters. The van der Waals surface area contributed by atoms with Gasteiger partial charge in [0.25, 0.3) is 5.56 Å². The number of aromatic amines is 1. The highest BCUT2D eigenvalue weighted by molar-refractivity contribution is 5.79. The molecule has 3 heterocycles. The second kappa shape index (κ2) is 10.7. The number of tetrazole rings is 1. The van der Waals surface area contributed by atoms with Crippen molar-refractivity contribution in [1.82, 2.24) is 30.1 Å². The van der Waals surface area contributed by atoms with Crippen LogP contribution in [0.25, 0.3) is 10.9 Å². The molecule has 5 aromatic rings. The highest BCUT2D eigenvalue weighted by atomic mass is 16.3. The van der Waals surface area contributed by atoms with E-state index in [2.05, 4.69) is 57.5 Å². The summed E-state index contributed by atoms with van der Waals surface area (Å²) in [5.74, 6) is 1.61. The van der Waals surface area contributed by atoms with Crippen LogP contribution in [-0.2, 0) is 26.1 Å². The smallest absolute Gasteiger partial charge is 0.252 e. The van der Waals surface area contributed by atoms with E-state index < -0.39 is 0 Å². The zero-order valence-electron chi connectivity index (χ0n) is 20.6. The summed E-state index contributed by atoms with van der Waals surface area (Å²) in [5, 5.41) is 13.7. The molecule has 0 unspecified atom stereocenters. The fraction of sp³-hybridized carbons (Fsp3) is 0.286. The van der Waals surface area contributed by atoms with Crippen LogP contribution in [0.1, 0.15) is 47.7 Å². The molecular formula is C28H30N6O2. The molecule has 0 amide bonds. The summed E-state index contributed by atoms with van der Waals surface area (Å²) in [6.45, 7) is 5.80. The molecule has 8 nitrogen and oxygen atoms in total. The van der Waals surface area contributed by atoms with E-state index in [-0.39, 0.29) is 11.6 Å². The Morgan fingerprint density at radius 2 is 1.92 bits per heavy atom. The lowest BCUT2D eigenvalue weighted by molar-refractivity contribution is 0.148.